The van der Waals surface area contributed by atoms with Gasteiger partial charge >= 0.3 is 0 Å². The van der Waals surface area contributed by atoms with Crippen molar-refractivity contribution in [3.05, 3.63) is 36.4 Å². The minimum Gasteiger partial charge on any atom is -0.489 e. The molecule has 3 atom stereocenters. The predicted molar refractivity (Wildman–Crippen MR) is 152 cm³/mol. The van der Waals surface area contributed by atoms with Gasteiger partial charge in [-0.25, -0.2) is 4.98 Å². The molecule has 2 N–H and O–H groups in total. The number of morpholine rings is 1. The van der Waals surface area contributed by atoms with Gasteiger partial charge in [-0.1, -0.05) is 6.92 Å². The maximum Gasteiger partial charge on any atom is 0.159 e. The molecule has 4 aromatic rings. The van der Waals surface area contributed by atoms with Crippen LogP contribution in [0.15, 0.2) is 36.4 Å². The molecule has 2 saturated heterocycles. The van der Waals surface area contributed by atoms with Crippen LogP contribution in [0.1, 0.15) is 26.7 Å². The third kappa shape index (κ3) is 5.10. The third-order valence-corrected chi connectivity index (χ3v) is 7.84. The summed E-state index contributed by atoms with van der Waals surface area (Å²) in [6.45, 7) is 10.2. The molecule has 0 aliphatic carbocycles. The van der Waals surface area contributed by atoms with E-state index in [4.69, 9.17) is 14.5 Å². The first-order valence-corrected chi connectivity index (χ1v) is 13.9. The van der Waals surface area contributed by atoms with Crippen LogP contribution in [-0.4, -0.2) is 102 Å². The lowest BCUT2D eigenvalue weighted by Gasteiger charge is -2.40. The summed E-state index contributed by atoms with van der Waals surface area (Å²) in [6.07, 6.45) is 2.72. The average Bonchev–Trinajstić information content (AvgIpc) is 3.53. The summed E-state index contributed by atoms with van der Waals surface area (Å²) in [6, 6.07) is 13.0. The minimum atomic E-state index is 0.196. The molecular weight excluding hydrogens is 478 g/mol. The van der Waals surface area contributed by atoms with Crippen LogP contribution in [0.3, 0.4) is 0 Å². The van der Waals surface area contributed by atoms with Crippen molar-refractivity contribution >= 4 is 27.6 Å². The maximum absolute atomic E-state index is 6.34. The van der Waals surface area contributed by atoms with Crippen molar-refractivity contribution in [3.8, 4) is 17.3 Å². The Bertz CT molecular complexity index is 1400. The van der Waals surface area contributed by atoms with Gasteiger partial charge in [-0.05, 0) is 77.3 Å². The molecule has 202 valence electrons. The molecule has 2 aliphatic heterocycles. The van der Waals surface area contributed by atoms with Gasteiger partial charge < -0.3 is 24.3 Å². The number of fused-ring (bicyclic) bond motifs is 2. The zero-order valence-corrected chi connectivity index (χ0v) is 22.9. The monoisotopic (exact) mass is 517 g/mol. The second-order valence-corrected chi connectivity index (χ2v) is 11.1. The van der Waals surface area contributed by atoms with Gasteiger partial charge in [0, 0.05) is 42.8 Å². The van der Waals surface area contributed by atoms with E-state index in [1.165, 1.54) is 18.7 Å². The first-order chi connectivity index (χ1) is 18.5. The first kappa shape index (κ1) is 25.2. The lowest BCUT2D eigenvalue weighted by molar-refractivity contribution is 0.00880. The Hall–Kier alpha value is -3.14. The van der Waals surface area contributed by atoms with Crippen LogP contribution in [0.4, 0.5) is 5.69 Å². The first-order valence-electron chi connectivity index (χ1n) is 13.9. The normalized spacial score (nSPS) is 23.1. The summed E-state index contributed by atoms with van der Waals surface area (Å²) in [5.41, 5.74) is 4.91. The Balaban J connectivity index is 1.22. The number of ether oxygens (including phenoxy) is 2. The zero-order chi connectivity index (χ0) is 26.2. The van der Waals surface area contributed by atoms with Crippen LogP contribution >= 0.6 is 0 Å². The van der Waals surface area contributed by atoms with Gasteiger partial charge in [0.05, 0.1) is 29.3 Å². The van der Waals surface area contributed by atoms with E-state index in [1.54, 1.807) is 0 Å². The minimum absolute atomic E-state index is 0.196. The highest BCUT2D eigenvalue weighted by Crippen LogP contribution is 2.31. The fourth-order valence-corrected chi connectivity index (χ4v) is 5.82. The number of H-pyrrole nitrogens is 2. The Morgan fingerprint density at radius 3 is 2.87 bits per heavy atom. The van der Waals surface area contributed by atoms with E-state index >= 15 is 0 Å². The van der Waals surface area contributed by atoms with Gasteiger partial charge in [0.1, 0.15) is 17.5 Å². The van der Waals surface area contributed by atoms with Crippen LogP contribution in [-0.2, 0) is 4.74 Å². The third-order valence-electron chi connectivity index (χ3n) is 7.84. The largest absolute Gasteiger partial charge is 0.489 e. The van der Waals surface area contributed by atoms with E-state index in [2.05, 4.69) is 94.2 Å². The zero-order valence-electron chi connectivity index (χ0n) is 22.9. The van der Waals surface area contributed by atoms with E-state index in [-0.39, 0.29) is 12.2 Å². The lowest BCUT2D eigenvalue weighted by Crippen LogP contribution is -2.51. The van der Waals surface area contributed by atoms with Crippen molar-refractivity contribution in [2.24, 2.45) is 0 Å². The number of nitrogens with zero attached hydrogens (tertiary/aromatic N) is 5. The molecular formula is C29H39N7O2. The number of hydrogen-bond donors (Lipinski definition) is 2. The average molecular weight is 518 g/mol. The van der Waals surface area contributed by atoms with Gasteiger partial charge in [0.25, 0.3) is 0 Å². The summed E-state index contributed by atoms with van der Waals surface area (Å²) in [5.74, 6) is 1.65. The summed E-state index contributed by atoms with van der Waals surface area (Å²) in [4.78, 5) is 15.5. The van der Waals surface area contributed by atoms with Crippen molar-refractivity contribution in [3.63, 3.8) is 0 Å². The number of piperidine rings is 1. The highest BCUT2D eigenvalue weighted by Gasteiger charge is 2.27. The molecule has 2 aliphatic rings. The van der Waals surface area contributed by atoms with E-state index in [0.29, 0.717) is 6.04 Å². The number of aromatic nitrogens is 4. The number of rotatable bonds is 7. The number of likely N-dealkylation sites (N-methyl/N-ethyl adjacent to an activating group) is 2. The molecule has 2 aromatic carbocycles. The molecule has 9 nitrogen and oxygen atoms in total. The molecule has 2 fully saturated rings. The van der Waals surface area contributed by atoms with Crippen molar-refractivity contribution in [1.29, 1.82) is 0 Å². The Morgan fingerprint density at radius 2 is 2.03 bits per heavy atom. The molecule has 6 rings (SSSR count). The Morgan fingerprint density at radius 1 is 1.13 bits per heavy atom. The summed E-state index contributed by atoms with van der Waals surface area (Å²) < 4.78 is 12.4. The molecule has 0 saturated carbocycles. The number of likely N-dealkylation sites (tertiary alicyclic amines) is 1. The number of nitrogens with one attached hydrogen (secondary N) is 2. The quantitative estimate of drug-likeness (QED) is 0.381. The fraction of sp³-hybridized carbons (Fsp3) is 0.517. The van der Waals surface area contributed by atoms with Gasteiger partial charge in [0.2, 0.25) is 0 Å². The van der Waals surface area contributed by atoms with Gasteiger partial charge in [-0.3, -0.25) is 10.00 Å². The standard InChI is InChI=1S/C29H39N7O2/c1-5-35-12-6-7-22(16-35)38-21-9-10-24-26(14-21)32-33-28(24)29-30-25-11-8-20(13-27(25)31-29)36-17-23(15-34(3)4)37-18-19(36)2/h8-11,13-14,19,22-23H,5-7,12,15-18H2,1-4H3,(H,30,31)(H,32,33). The van der Waals surface area contributed by atoms with Gasteiger partial charge in [-0.2, -0.15) is 5.10 Å². The second-order valence-electron chi connectivity index (χ2n) is 11.1. The Kier molecular flexibility index (Phi) is 6.99. The SMILES string of the molecule is CCN1CCCC(Oc2ccc3c(-c4nc5ccc(N6CC(CN(C)C)OCC6C)cc5[nH]4)n[nH]c3c2)C1. The molecule has 9 heteroatoms. The Labute approximate surface area is 224 Å². The van der Waals surface area contributed by atoms with Gasteiger partial charge in [-0.15, -0.1) is 0 Å². The second kappa shape index (κ2) is 10.6. The van der Waals surface area contributed by atoms with E-state index in [0.717, 1.165) is 78.4 Å². The number of imidazole rings is 1. The summed E-state index contributed by atoms with van der Waals surface area (Å²) in [5, 5.41) is 8.84. The van der Waals surface area contributed by atoms with Crippen LogP contribution in [0.25, 0.3) is 33.5 Å². The van der Waals surface area contributed by atoms with Crippen LogP contribution in [0, 0.1) is 0 Å². The van der Waals surface area contributed by atoms with Crippen molar-refractivity contribution in [2.75, 3.05) is 58.3 Å². The van der Waals surface area contributed by atoms with Crippen LogP contribution in [0.2, 0.25) is 0 Å². The molecule has 38 heavy (non-hydrogen) atoms. The fourth-order valence-electron chi connectivity index (χ4n) is 5.82. The van der Waals surface area contributed by atoms with Crippen molar-refractivity contribution in [2.45, 2.75) is 44.9 Å². The number of anilines is 1. The van der Waals surface area contributed by atoms with Crippen LogP contribution in [0.5, 0.6) is 5.75 Å². The highest BCUT2D eigenvalue weighted by molar-refractivity contribution is 5.94. The molecule has 0 bridgehead atoms. The highest BCUT2D eigenvalue weighted by atomic mass is 16.5. The number of hydrogen-bond acceptors (Lipinski definition) is 7. The summed E-state index contributed by atoms with van der Waals surface area (Å²) >= 11 is 0. The maximum atomic E-state index is 6.34. The van der Waals surface area contributed by atoms with Crippen molar-refractivity contribution < 1.29 is 9.47 Å². The molecule has 0 radical (unpaired) electrons. The van der Waals surface area contributed by atoms with Crippen LogP contribution < -0.4 is 9.64 Å². The molecule has 0 spiro atoms. The van der Waals surface area contributed by atoms with Crippen molar-refractivity contribution in [1.82, 2.24) is 30.0 Å². The molecule has 0 amide bonds. The molecule has 2 aromatic heterocycles. The van der Waals surface area contributed by atoms with Gasteiger partial charge in [0.15, 0.2) is 5.82 Å². The van der Waals surface area contributed by atoms with E-state index < -0.39 is 0 Å². The predicted octanol–water partition coefficient (Wildman–Crippen LogP) is 4.12. The summed E-state index contributed by atoms with van der Waals surface area (Å²) in [7, 11) is 4.18. The lowest BCUT2D eigenvalue weighted by atomic mass is 10.1. The van der Waals surface area contributed by atoms with E-state index in [9.17, 15) is 0 Å². The molecule has 3 unspecified atom stereocenters. The smallest absolute Gasteiger partial charge is 0.159 e. The van der Waals surface area contributed by atoms with E-state index in [1.807, 2.05) is 0 Å². The molecule has 4 heterocycles. The number of benzene rings is 2. The topological polar surface area (TPSA) is 85.5 Å². The number of aromatic amines is 2.